The first-order valence-electron chi connectivity index (χ1n) is 12.0. The molecule has 10 heteroatoms. The number of benzene rings is 2. The molecule has 2 aromatic rings. The quantitative estimate of drug-likeness (QED) is 0.441. The van der Waals surface area contributed by atoms with Gasteiger partial charge < -0.3 is 20.7 Å². The number of rotatable bonds is 8. The van der Waals surface area contributed by atoms with Gasteiger partial charge >= 0.3 is 0 Å². The van der Waals surface area contributed by atoms with Crippen molar-refractivity contribution in [2.75, 3.05) is 18.5 Å². The van der Waals surface area contributed by atoms with Gasteiger partial charge in [0.15, 0.2) is 0 Å². The van der Waals surface area contributed by atoms with Crippen molar-refractivity contribution < 1.29 is 22.7 Å². The second kappa shape index (κ2) is 10.7. The number of ether oxygens (including phenoxy) is 1. The molecule has 2 heterocycles. The van der Waals surface area contributed by atoms with Crippen molar-refractivity contribution >= 4 is 27.5 Å². The molecule has 0 radical (unpaired) electrons. The van der Waals surface area contributed by atoms with Gasteiger partial charge in [0.1, 0.15) is 11.8 Å². The number of carbonyl (C=O) groups is 2. The lowest BCUT2D eigenvalue weighted by Gasteiger charge is -2.17. The highest BCUT2D eigenvalue weighted by Gasteiger charge is 2.25. The molecule has 4 rings (SSSR count). The highest BCUT2D eigenvalue weighted by molar-refractivity contribution is 7.89. The van der Waals surface area contributed by atoms with Crippen molar-refractivity contribution in [3.05, 3.63) is 53.1 Å². The average molecular weight is 501 g/mol. The fourth-order valence-electron chi connectivity index (χ4n) is 4.24. The molecule has 2 aromatic carbocycles. The summed E-state index contributed by atoms with van der Waals surface area (Å²) in [6.07, 6.45) is 3.07. The first-order chi connectivity index (χ1) is 16.7. The monoisotopic (exact) mass is 500 g/mol. The molecule has 2 aliphatic heterocycles. The van der Waals surface area contributed by atoms with Crippen molar-refractivity contribution in [2.45, 2.75) is 63.1 Å². The van der Waals surface area contributed by atoms with Crippen LogP contribution in [0.3, 0.4) is 0 Å². The molecule has 9 nitrogen and oxygen atoms in total. The summed E-state index contributed by atoms with van der Waals surface area (Å²) in [6, 6.07) is 9.45. The molecule has 35 heavy (non-hydrogen) atoms. The van der Waals surface area contributed by atoms with Gasteiger partial charge in [-0.05, 0) is 68.5 Å². The van der Waals surface area contributed by atoms with E-state index < -0.39 is 22.0 Å². The first-order valence-corrected chi connectivity index (χ1v) is 13.4. The predicted octanol–water partition coefficient (Wildman–Crippen LogP) is 2.32. The van der Waals surface area contributed by atoms with Gasteiger partial charge in [-0.3, -0.25) is 9.59 Å². The predicted molar refractivity (Wildman–Crippen MR) is 133 cm³/mol. The number of fused-ring (bicyclic) bond motifs is 1. The molecule has 0 aliphatic carbocycles. The molecule has 188 valence electrons. The minimum absolute atomic E-state index is 0.0194. The molecule has 0 aromatic heterocycles. The van der Waals surface area contributed by atoms with Crippen LogP contribution >= 0.6 is 0 Å². The van der Waals surface area contributed by atoms with Crippen molar-refractivity contribution in [3.8, 4) is 5.75 Å². The lowest BCUT2D eigenvalue weighted by Crippen LogP contribution is -2.45. The Kier molecular flexibility index (Phi) is 7.61. The summed E-state index contributed by atoms with van der Waals surface area (Å²) in [5.74, 6) is 0.175. The topological polar surface area (TPSA) is 126 Å². The Bertz CT molecular complexity index is 1210. The molecule has 0 bridgehead atoms. The fourth-order valence-corrected chi connectivity index (χ4v) is 5.56. The van der Waals surface area contributed by atoms with E-state index in [2.05, 4.69) is 26.7 Å². The Labute approximate surface area is 206 Å². The highest BCUT2D eigenvalue weighted by Crippen LogP contribution is 2.27. The van der Waals surface area contributed by atoms with Crippen LogP contribution in [-0.4, -0.2) is 45.5 Å². The lowest BCUT2D eigenvalue weighted by molar-refractivity contribution is -0.122. The zero-order valence-corrected chi connectivity index (χ0v) is 20.8. The van der Waals surface area contributed by atoms with Gasteiger partial charge in [0.2, 0.25) is 15.9 Å². The summed E-state index contributed by atoms with van der Waals surface area (Å²) in [4.78, 5) is 25.3. The molecule has 0 spiro atoms. The molecule has 2 amide bonds. The van der Waals surface area contributed by atoms with Crippen LogP contribution in [0.15, 0.2) is 41.3 Å². The second-order valence-electron chi connectivity index (χ2n) is 9.23. The maximum absolute atomic E-state index is 13.1. The fraction of sp³-hybridized carbons (Fsp3) is 0.440. The Morgan fingerprint density at radius 1 is 1.17 bits per heavy atom. The molecule has 1 fully saturated rings. The summed E-state index contributed by atoms with van der Waals surface area (Å²) in [6.45, 7) is 5.17. The van der Waals surface area contributed by atoms with E-state index in [1.165, 1.54) is 12.1 Å². The van der Waals surface area contributed by atoms with Crippen molar-refractivity contribution in [3.63, 3.8) is 0 Å². The summed E-state index contributed by atoms with van der Waals surface area (Å²) in [5, 5.41) is 8.80. The van der Waals surface area contributed by atoms with E-state index in [1.54, 1.807) is 19.9 Å². The van der Waals surface area contributed by atoms with E-state index in [1.807, 2.05) is 12.1 Å². The van der Waals surface area contributed by atoms with Crippen molar-refractivity contribution in [2.24, 2.45) is 0 Å². The summed E-state index contributed by atoms with van der Waals surface area (Å²) < 4.78 is 33.9. The van der Waals surface area contributed by atoms with Gasteiger partial charge in [-0.1, -0.05) is 12.1 Å². The number of nitrogens with one attached hydrogen (secondary N) is 4. The Balaban J connectivity index is 1.58. The van der Waals surface area contributed by atoms with E-state index in [9.17, 15) is 18.0 Å². The average Bonchev–Trinajstić information content (AvgIpc) is 3.19. The van der Waals surface area contributed by atoms with E-state index in [0.29, 0.717) is 31.8 Å². The molecule has 1 atom stereocenters. The third kappa shape index (κ3) is 6.32. The molecule has 0 unspecified atom stereocenters. The van der Waals surface area contributed by atoms with Crippen LogP contribution in [0.25, 0.3) is 0 Å². The maximum atomic E-state index is 13.1. The van der Waals surface area contributed by atoms with Crippen molar-refractivity contribution in [1.29, 1.82) is 0 Å². The number of carbonyl (C=O) groups excluding carboxylic acids is 2. The summed E-state index contributed by atoms with van der Waals surface area (Å²) in [5.41, 5.74) is 2.81. The summed E-state index contributed by atoms with van der Waals surface area (Å²) >= 11 is 0. The van der Waals surface area contributed by atoms with E-state index >= 15 is 0 Å². The molecule has 0 saturated carbocycles. The van der Waals surface area contributed by atoms with Crippen LogP contribution in [0.2, 0.25) is 0 Å². The third-order valence-electron chi connectivity index (χ3n) is 5.96. The van der Waals surface area contributed by atoms with Crippen LogP contribution in [0.1, 0.15) is 54.6 Å². The SMILES string of the molecule is CC(C)NS(=O)(=O)c1cc(NCc2ccc3c(c2)CCO3)cc(C(=O)N[C@H]2CCCCNC2=O)c1. The molecular weight excluding hydrogens is 468 g/mol. The van der Waals surface area contributed by atoms with E-state index in [0.717, 1.165) is 36.1 Å². The minimum Gasteiger partial charge on any atom is -0.493 e. The van der Waals surface area contributed by atoms with Gasteiger partial charge in [0, 0.05) is 36.8 Å². The van der Waals surface area contributed by atoms with E-state index in [-0.39, 0.29) is 22.4 Å². The molecule has 1 saturated heterocycles. The standard InChI is InChI=1S/C25H32N4O5S/c1-16(2)29-35(32,33)21-13-19(24(30)28-22-5-3-4-9-26-25(22)31)12-20(14-21)27-15-17-6-7-23-18(11-17)8-10-34-23/h6-7,11-14,16,22,27,29H,3-5,8-10,15H2,1-2H3,(H,26,31)(H,28,30)/t22-/m0/s1. The number of hydrogen-bond acceptors (Lipinski definition) is 6. The van der Waals surface area contributed by atoms with Crippen LogP contribution in [-0.2, 0) is 27.8 Å². The molecule has 2 aliphatic rings. The molecule has 4 N–H and O–H groups in total. The number of sulfonamides is 1. The number of anilines is 1. The zero-order valence-electron chi connectivity index (χ0n) is 20.0. The second-order valence-corrected chi connectivity index (χ2v) is 10.9. The first kappa shape index (κ1) is 25.0. The lowest BCUT2D eigenvalue weighted by atomic mass is 10.1. The van der Waals surface area contributed by atoms with E-state index in [4.69, 9.17) is 4.74 Å². The van der Waals surface area contributed by atoms with Crippen molar-refractivity contribution in [1.82, 2.24) is 15.4 Å². The minimum atomic E-state index is -3.84. The smallest absolute Gasteiger partial charge is 0.252 e. The number of hydrogen-bond donors (Lipinski definition) is 4. The summed E-state index contributed by atoms with van der Waals surface area (Å²) in [7, 11) is -3.84. The largest absolute Gasteiger partial charge is 0.493 e. The Hall–Kier alpha value is -3.11. The highest BCUT2D eigenvalue weighted by atomic mass is 32.2. The Morgan fingerprint density at radius 2 is 2.00 bits per heavy atom. The number of amides is 2. The maximum Gasteiger partial charge on any atom is 0.252 e. The van der Waals surface area contributed by atoms with Crippen LogP contribution < -0.4 is 25.4 Å². The van der Waals surface area contributed by atoms with Gasteiger partial charge in [-0.15, -0.1) is 0 Å². The van der Waals surface area contributed by atoms with Crippen LogP contribution in [0.4, 0.5) is 5.69 Å². The van der Waals surface area contributed by atoms with Gasteiger partial charge in [0.05, 0.1) is 11.5 Å². The normalized spacial score (nSPS) is 17.8. The van der Waals surface area contributed by atoms with Crippen LogP contribution in [0.5, 0.6) is 5.75 Å². The Morgan fingerprint density at radius 3 is 2.80 bits per heavy atom. The van der Waals surface area contributed by atoms with Gasteiger partial charge in [-0.25, -0.2) is 13.1 Å². The third-order valence-corrected chi connectivity index (χ3v) is 7.60. The zero-order chi connectivity index (χ0) is 25.0. The molecular formula is C25H32N4O5S. The van der Waals surface area contributed by atoms with Crippen LogP contribution in [0, 0.1) is 0 Å². The van der Waals surface area contributed by atoms with Gasteiger partial charge in [-0.2, -0.15) is 0 Å². The van der Waals surface area contributed by atoms with Gasteiger partial charge in [0.25, 0.3) is 5.91 Å².